The molecular formula is C12H20N4O4. The lowest BCUT2D eigenvalue weighted by atomic mass is 10.2. The summed E-state index contributed by atoms with van der Waals surface area (Å²) in [5.74, 6) is -1.13. The molecule has 1 aromatic rings. The fraction of sp³-hybridized carbons (Fsp3) is 0.667. The van der Waals surface area contributed by atoms with Crippen LogP contribution in [0, 0.1) is 0 Å². The number of nitrogens with zero attached hydrogens (tertiary/aromatic N) is 3. The minimum atomic E-state index is -1.13. The Kier molecular flexibility index (Phi) is 5.06. The molecule has 1 aromatic heterocycles. The number of rotatable bonds is 5. The minimum absolute atomic E-state index is 0.0853. The van der Waals surface area contributed by atoms with Crippen LogP contribution in [0.2, 0.25) is 0 Å². The van der Waals surface area contributed by atoms with Crippen LogP contribution in [0.1, 0.15) is 43.9 Å². The van der Waals surface area contributed by atoms with E-state index in [0.717, 1.165) is 0 Å². The number of nitrogens with one attached hydrogen (secondary N) is 1. The van der Waals surface area contributed by atoms with Gasteiger partial charge in [-0.25, -0.2) is 14.3 Å². The number of carboxylic acid groups (broad SMARTS) is 1. The maximum absolute atomic E-state index is 11.5. The van der Waals surface area contributed by atoms with E-state index >= 15 is 0 Å². The number of amides is 1. The van der Waals surface area contributed by atoms with Crippen LogP contribution in [0.5, 0.6) is 0 Å². The molecule has 112 valence electrons. The standard InChI is InChI=1S/C12H20N4O4/c1-5-16-8(9(10(17)18)14-15-16)6-7-13-11(19)20-12(2,3)4/h5-7H2,1-4H3,(H,13,19)(H,17,18). The molecule has 0 atom stereocenters. The van der Waals surface area contributed by atoms with E-state index in [0.29, 0.717) is 18.7 Å². The van der Waals surface area contributed by atoms with E-state index in [2.05, 4.69) is 15.6 Å². The molecule has 20 heavy (non-hydrogen) atoms. The average molecular weight is 284 g/mol. The first-order valence-corrected chi connectivity index (χ1v) is 6.37. The molecule has 0 spiro atoms. The summed E-state index contributed by atoms with van der Waals surface area (Å²) >= 11 is 0. The predicted octanol–water partition coefficient (Wildman–Crippen LogP) is 1.06. The second-order valence-corrected chi connectivity index (χ2v) is 5.18. The summed E-state index contributed by atoms with van der Waals surface area (Å²) in [7, 11) is 0. The summed E-state index contributed by atoms with van der Waals surface area (Å²) < 4.78 is 6.59. The molecule has 0 unspecified atom stereocenters. The van der Waals surface area contributed by atoms with Crippen LogP contribution in [-0.4, -0.2) is 44.3 Å². The Morgan fingerprint density at radius 2 is 2.05 bits per heavy atom. The van der Waals surface area contributed by atoms with E-state index in [-0.39, 0.29) is 12.2 Å². The van der Waals surface area contributed by atoms with Gasteiger partial charge in [0.25, 0.3) is 0 Å². The van der Waals surface area contributed by atoms with Crippen LogP contribution in [0.3, 0.4) is 0 Å². The number of carbonyl (C=O) groups is 2. The first kappa shape index (κ1) is 15.9. The van der Waals surface area contributed by atoms with Gasteiger partial charge in [-0.15, -0.1) is 5.10 Å². The van der Waals surface area contributed by atoms with Crippen molar-refractivity contribution in [1.82, 2.24) is 20.3 Å². The number of hydrogen-bond acceptors (Lipinski definition) is 5. The lowest BCUT2D eigenvalue weighted by molar-refractivity contribution is 0.0528. The van der Waals surface area contributed by atoms with Crippen molar-refractivity contribution in [3.8, 4) is 0 Å². The Morgan fingerprint density at radius 3 is 2.55 bits per heavy atom. The smallest absolute Gasteiger partial charge is 0.407 e. The van der Waals surface area contributed by atoms with Crippen molar-refractivity contribution in [3.05, 3.63) is 11.4 Å². The van der Waals surface area contributed by atoms with Crippen LogP contribution < -0.4 is 5.32 Å². The van der Waals surface area contributed by atoms with Crippen LogP contribution in [0.25, 0.3) is 0 Å². The highest BCUT2D eigenvalue weighted by Gasteiger charge is 2.19. The summed E-state index contributed by atoms with van der Waals surface area (Å²) in [5.41, 5.74) is -0.169. The molecule has 0 saturated carbocycles. The van der Waals surface area contributed by atoms with Crippen molar-refractivity contribution in [3.63, 3.8) is 0 Å². The molecule has 1 heterocycles. The zero-order valence-corrected chi connectivity index (χ0v) is 12.1. The monoisotopic (exact) mass is 284 g/mol. The molecular weight excluding hydrogens is 264 g/mol. The van der Waals surface area contributed by atoms with Crippen LogP contribution in [0.15, 0.2) is 0 Å². The normalized spacial score (nSPS) is 11.2. The molecule has 8 nitrogen and oxygen atoms in total. The largest absolute Gasteiger partial charge is 0.476 e. The molecule has 0 aliphatic rings. The molecule has 0 aliphatic carbocycles. The highest BCUT2D eigenvalue weighted by Crippen LogP contribution is 2.08. The molecule has 1 amide bonds. The fourth-order valence-corrected chi connectivity index (χ4v) is 1.60. The van der Waals surface area contributed by atoms with Crippen molar-refractivity contribution in [2.45, 2.75) is 46.3 Å². The number of aromatic nitrogens is 3. The van der Waals surface area contributed by atoms with Crippen molar-refractivity contribution < 1.29 is 19.4 Å². The SMILES string of the molecule is CCn1nnc(C(=O)O)c1CCNC(=O)OC(C)(C)C. The van der Waals surface area contributed by atoms with Crippen LogP contribution in [-0.2, 0) is 17.7 Å². The number of carboxylic acids is 1. The second kappa shape index (κ2) is 6.36. The van der Waals surface area contributed by atoms with Gasteiger partial charge >= 0.3 is 12.1 Å². The number of alkyl carbamates (subject to hydrolysis) is 1. The number of aromatic carboxylic acids is 1. The van der Waals surface area contributed by atoms with E-state index < -0.39 is 17.7 Å². The van der Waals surface area contributed by atoms with Crippen molar-refractivity contribution in [2.24, 2.45) is 0 Å². The van der Waals surface area contributed by atoms with E-state index in [1.807, 2.05) is 6.92 Å². The Labute approximate surface area is 117 Å². The molecule has 2 N–H and O–H groups in total. The number of hydrogen-bond donors (Lipinski definition) is 2. The van der Waals surface area contributed by atoms with Gasteiger partial charge in [0, 0.05) is 19.5 Å². The number of aryl methyl sites for hydroxylation is 1. The van der Waals surface area contributed by atoms with Crippen molar-refractivity contribution in [1.29, 1.82) is 0 Å². The Hall–Kier alpha value is -2.12. The Morgan fingerprint density at radius 1 is 1.40 bits per heavy atom. The van der Waals surface area contributed by atoms with Gasteiger partial charge in [0.2, 0.25) is 0 Å². The molecule has 0 saturated heterocycles. The quantitative estimate of drug-likeness (QED) is 0.837. The zero-order valence-electron chi connectivity index (χ0n) is 12.1. The van der Waals surface area contributed by atoms with Gasteiger partial charge in [-0.1, -0.05) is 5.21 Å². The van der Waals surface area contributed by atoms with Gasteiger partial charge in [-0.05, 0) is 27.7 Å². The van der Waals surface area contributed by atoms with Gasteiger partial charge in [0.1, 0.15) is 5.60 Å². The molecule has 1 rings (SSSR count). The molecule has 0 aliphatic heterocycles. The molecule has 0 aromatic carbocycles. The Bertz CT molecular complexity index is 490. The summed E-state index contributed by atoms with van der Waals surface area (Å²) in [5, 5.41) is 18.9. The highest BCUT2D eigenvalue weighted by atomic mass is 16.6. The topological polar surface area (TPSA) is 106 Å². The highest BCUT2D eigenvalue weighted by molar-refractivity contribution is 5.86. The average Bonchev–Trinajstić information content (AvgIpc) is 2.69. The minimum Gasteiger partial charge on any atom is -0.476 e. The number of carbonyl (C=O) groups excluding carboxylic acids is 1. The maximum Gasteiger partial charge on any atom is 0.407 e. The third-order valence-electron chi connectivity index (χ3n) is 2.37. The van der Waals surface area contributed by atoms with E-state index in [4.69, 9.17) is 9.84 Å². The fourth-order valence-electron chi connectivity index (χ4n) is 1.60. The molecule has 0 bridgehead atoms. The van der Waals surface area contributed by atoms with Gasteiger partial charge in [0.15, 0.2) is 5.69 Å². The van der Waals surface area contributed by atoms with E-state index in [1.165, 1.54) is 4.68 Å². The zero-order chi connectivity index (χ0) is 15.3. The lowest BCUT2D eigenvalue weighted by Gasteiger charge is -2.19. The molecule has 0 fully saturated rings. The van der Waals surface area contributed by atoms with Gasteiger partial charge < -0.3 is 15.2 Å². The second-order valence-electron chi connectivity index (χ2n) is 5.18. The summed E-state index contributed by atoms with van der Waals surface area (Å²) in [6, 6.07) is 0. The maximum atomic E-state index is 11.5. The third kappa shape index (κ3) is 4.52. The molecule has 0 radical (unpaired) electrons. The van der Waals surface area contributed by atoms with Gasteiger partial charge in [-0.3, -0.25) is 0 Å². The molecule has 8 heteroatoms. The van der Waals surface area contributed by atoms with Crippen molar-refractivity contribution >= 4 is 12.1 Å². The summed E-state index contributed by atoms with van der Waals surface area (Å²) in [4.78, 5) is 22.5. The predicted molar refractivity (Wildman–Crippen MR) is 70.6 cm³/mol. The van der Waals surface area contributed by atoms with Crippen LogP contribution >= 0.6 is 0 Å². The Balaban J connectivity index is 2.60. The van der Waals surface area contributed by atoms with E-state index in [9.17, 15) is 9.59 Å². The first-order valence-electron chi connectivity index (χ1n) is 6.37. The van der Waals surface area contributed by atoms with Crippen molar-refractivity contribution in [2.75, 3.05) is 6.54 Å². The number of ether oxygens (including phenoxy) is 1. The summed E-state index contributed by atoms with van der Waals surface area (Å²) in [6.45, 7) is 7.91. The van der Waals surface area contributed by atoms with Gasteiger partial charge in [0.05, 0.1) is 5.69 Å². The third-order valence-corrected chi connectivity index (χ3v) is 2.37. The van der Waals surface area contributed by atoms with Crippen LogP contribution in [0.4, 0.5) is 4.79 Å². The van der Waals surface area contributed by atoms with Gasteiger partial charge in [-0.2, -0.15) is 0 Å². The summed E-state index contributed by atoms with van der Waals surface area (Å²) in [6.07, 6.45) is -0.216. The van der Waals surface area contributed by atoms with E-state index in [1.54, 1.807) is 20.8 Å². The first-order chi connectivity index (χ1) is 9.24. The lowest BCUT2D eigenvalue weighted by Crippen LogP contribution is -2.34.